The summed E-state index contributed by atoms with van der Waals surface area (Å²) < 4.78 is 34.4. The van der Waals surface area contributed by atoms with E-state index in [2.05, 4.69) is 0 Å². The third-order valence-electron chi connectivity index (χ3n) is 7.56. The number of carbonyl (C=O) groups is 3. The van der Waals surface area contributed by atoms with Gasteiger partial charge in [0.15, 0.2) is 0 Å². The highest BCUT2D eigenvalue weighted by molar-refractivity contribution is 7.49. The average molecular weight is 687 g/mol. The van der Waals surface area contributed by atoms with E-state index < -0.39 is 25.7 Å². The second kappa shape index (κ2) is 14.2. The van der Waals surface area contributed by atoms with Crippen LogP contribution in [0, 0.1) is 0 Å². The van der Waals surface area contributed by atoms with Crippen LogP contribution in [-0.2, 0) is 18.9 Å². The zero-order valence-electron chi connectivity index (χ0n) is 26.0. The molecule has 0 amide bonds. The summed E-state index contributed by atoms with van der Waals surface area (Å²) >= 11 is 0. The molecule has 0 atom stereocenters. The fraction of sp³-hybridized carbons (Fsp3) is 0. The summed E-state index contributed by atoms with van der Waals surface area (Å²) in [7, 11) is -4.97. The van der Waals surface area contributed by atoms with Gasteiger partial charge < -0.3 is 28.9 Å². The summed E-state index contributed by atoms with van der Waals surface area (Å²) in [6.45, 7) is 0. The monoisotopic (exact) mass is 686 g/mol. The minimum absolute atomic E-state index is 0.0188. The molecule has 0 radical (unpaired) electrons. The Balaban J connectivity index is 1.62. The van der Waals surface area contributed by atoms with Gasteiger partial charge >= 0.3 is 25.7 Å². The van der Waals surface area contributed by atoms with Crippen molar-refractivity contribution in [1.82, 2.24) is 0 Å². The number of fused-ring (bicyclic) bond motifs is 3. The van der Waals surface area contributed by atoms with Crippen molar-refractivity contribution in [3.8, 4) is 17.2 Å². The van der Waals surface area contributed by atoms with Crippen LogP contribution in [0.2, 0.25) is 0 Å². The van der Waals surface area contributed by atoms with Gasteiger partial charge in [0.1, 0.15) is 17.2 Å². The van der Waals surface area contributed by atoms with Crippen molar-refractivity contribution < 1.29 is 47.8 Å². The summed E-state index contributed by atoms with van der Waals surface area (Å²) in [5.74, 6) is -3.73. The van der Waals surface area contributed by atoms with Crippen LogP contribution < -0.4 is 13.6 Å². The van der Waals surface area contributed by atoms with Crippen LogP contribution in [0.4, 0.5) is 0 Å². The lowest BCUT2D eigenvalue weighted by atomic mass is 10.1. The van der Waals surface area contributed by atoms with Crippen LogP contribution in [0.5, 0.6) is 17.2 Å². The van der Waals surface area contributed by atoms with Crippen molar-refractivity contribution >= 4 is 76.3 Å². The van der Waals surface area contributed by atoms with Gasteiger partial charge in [0.25, 0.3) is 0 Å². The van der Waals surface area contributed by atoms with E-state index >= 15 is 4.57 Å². The highest BCUT2D eigenvalue weighted by atomic mass is 31.2. The molecule has 50 heavy (non-hydrogen) atoms. The topological polar surface area (TPSA) is 157 Å². The molecule has 0 aliphatic rings. The molecule has 6 aromatic rings. The molecule has 10 nitrogen and oxygen atoms in total. The molecule has 0 heterocycles. The van der Waals surface area contributed by atoms with Crippen molar-refractivity contribution in [2.45, 2.75) is 0 Å². The van der Waals surface area contributed by atoms with Crippen LogP contribution in [0.15, 0.2) is 127 Å². The predicted molar refractivity (Wildman–Crippen MR) is 191 cm³/mol. The van der Waals surface area contributed by atoms with E-state index in [1.165, 1.54) is 18.2 Å². The molecule has 0 saturated carbocycles. The maximum absolute atomic E-state index is 15.4. The van der Waals surface area contributed by atoms with Crippen molar-refractivity contribution in [3.05, 3.63) is 144 Å². The normalized spacial score (nSPS) is 11.9. The highest BCUT2D eigenvalue weighted by Crippen LogP contribution is 2.55. The van der Waals surface area contributed by atoms with Gasteiger partial charge in [0.2, 0.25) is 0 Å². The molecule has 6 rings (SSSR count). The van der Waals surface area contributed by atoms with Gasteiger partial charge in [-0.2, -0.15) is 4.57 Å². The molecular formula is C39H27O10P. The smallest absolute Gasteiger partial charge is 0.478 e. The van der Waals surface area contributed by atoms with Gasteiger partial charge in [-0.25, -0.2) is 14.4 Å². The van der Waals surface area contributed by atoms with E-state index in [1.54, 1.807) is 109 Å². The molecule has 0 bridgehead atoms. The Hall–Kier alpha value is -6.64. The summed E-state index contributed by atoms with van der Waals surface area (Å²) in [5.41, 5.74) is 0.726. The maximum Gasteiger partial charge on any atom is 0.647 e. The summed E-state index contributed by atoms with van der Waals surface area (Å²) in [4.78, 5) is 34.6. The Morgan fingerprint density at radius 3 is 1.00 bits per heavy atom. The molecule has 0 unspecified atom stereocenters. The van der Waals surface area contributed by atoms with Gasteiger partial charge in [0.05, 0.1) is 0 Å². The van der Waals surface area contributed by atoms with Crippen molar-refractivity contribution in [2.24, 2.45) is 0 Å². The molecule has 11 heteroatoms. The van der Waals surface area contributed by atoms with E-state index in [1.807, 2.05) is 0 Å². The van der Waals surface area contributed by atoms with Crippen LogP contribution in [0.1, 0.15) is 16.7 Å². The number of hydrogen-bond donors (Lipinski definition) is 3. The standard InChI is InChI=1S/C39H27O10P/c40-34(41)22-19-28-16-13-25-7-1-4-10-31(25)37(28)47-50(46,48-38-29(20-23-35(42)43)17-14-26-8-2-5-11-32(26)38)49-39-30(21-24-36(44)45)18-15-27-9-3-6-12-33(27)39/h1-24H,(H,40,41)(H,42,43)(H,44,45)/b22-19-,23-20-,24-21+. The Morgan fingerprint density at radius 2 is 0.720 bits per heavy atom. The Labute approximate surface area is 285 Å². The molecule has 0 aliphatic carbocycles. The molecule has 6 aromatic carbocycles. The molecule has 0 saturated heterocycles. The predicted octanol–water partition coefficient (Wildman–Crippen LogP) is 9.08. The van der Waals surface area contributed by atoms with Crippen LogP contribution in [0.3, 0.4) is 0 Å². The average Bonchev–Trinajstić information content (AvgIpc) is 3.10. The van der Waals surface area contributed by atoms with Crippen LogP contribution in [-0.4, -0.2) is 33.2 Å². The third kappa shape index (κ3) is 7.41. The Kier molecular flexibility index (Phi) is 9.47. The number of phosphoric acid groups is 1. The summed E-state index contributed by atoms with van der Waals surface area (Å²) in [5, 5.41) is 31.6. The fourth-order valence-corrected chi connectivity index (χ4v) is 6.75. The second-order valence-corrected chi connectivity index (χ2v) is 12.3. The molecule has 0 spiro atoms. The SMILES string of the molecule is O=C(O)/C=C\c1ccc2ccccc2c1OP(=O)(Oc1c(/C=C\C(=O)O)ccc2ccccc12)Oc1c(/C=C/C(=O)O)ccc2ccccc12. The minimum Gasteiger partial charge on any atom is -0.478 e. The lowest BCUT2D eigenvalue weighted by molar-refractivity contribution is -0.132. The molecule has 0 fully saturated rings. The van der Waals surface area contributed by atoms with Gasteiger partial charge in [-0.05, 0) is 34.4 Å². The van der Waals surface area contributed by atoms with E-state index in [9.17, 15) is 29.7 Å². The first kappa shape index (κ1) is 33.3. The van der Waals surface area contributed by atoms with Crippen molar-refractivity contribution in [1.29, 1.82) is 0 Å². The number of benzene rings is 6. The lowest BCUT2D eigenvalue weighted by Gasteiger charge is -2.24. The quantitative estimate of drug-likeness (QED) is 0.0838. The zero-order chi connectivity index (χ0) is 35.3. The molecule has 0 aromatic heterocycles. The van der Waals surface area contributed by atoms with E-state index in [0.717, 1.165) is 18.2 Å². The van der Waals surface area contributed by atoms with Crippen LogP contribution >= 0.6 is 7.82 Å². The van der Waals surface area contributed by atoms with Gasteiger partial charge in [-0.1, -0.05) is 109 Å². The largest absolute Gasteiger partial charge is 0.647 e. The number of rotatable bonds is 12. The molecular weight excluding hydrogens is 659 g/mol. The Morgan fingerprint density at radius 1 is 0.440 bits per heavy atom. The lowest BCUT2D eigenvalue weighted by Crippen LogP contribution is -2.10. The van der Waals surface area contributed by atoms with Crippen molar-refractivity contribution in [3.63, 3.8) is 0 Å². The first-order valence-corrected chi connectivity index (χ1v) is 16.5. The number of hydrogen-bond acceptors (Lipinski definition) is 7. The first-order valence-electron chi connectivity index (χ1n) is 15.1. The first-order chi connectivity index (χ1) is 24.1. The second-order valence-electron chi connectivity index (χ2n) is 10.9. The fourth-order valence-electron chi connectivity index (χ4n) is 5.35. The van der Waals surface area contributed by atoms with Gasteiger partial charge in [-0.15, -0.1) is 0 Å². The number of carboxylic acids is 3. The number of carboxylic acid groups (broad SMARTS) is 3. The molecule has 248 valence electrons. The maximum atomic E-state index is 15.4. The zero-order valence-corrected chi connectivity index (χ0v) is 26.9. The van der Waals surface area contributed by atoms with E-state index in [4.69, 9.17) is 13.6 Å². The van der Waals surface area contributed by atoms with Crippen molar-refractivity contribution in [2.75, 3.05) is 0 Å². The number of phosphoric ester groups is 1. The Bertz CT molecular complexity index is 2170. The van der Waals surface area contributed by atoms with Gasteiger partial charge in [-0.3, -0.25) is 0 Å². The number of aliphatic carboxylic acids is 3. The molecule has 0 aliphatic heterocycles. The van der Waals surface area contributed by atoms with E-state index in [-0.39, 0.29) is 33.9 Å². The van der Waals surface area contributed by atoms with Crippen LogP contribution in [0.25, 0.3) is 50.5 Å². The summed E-state index contributed by atoms with van der Waals surface area (Å²) in [6.07, 6.45) is 6.57. The third-order valence-corrected chi connectivity index (χ3v) is 8.77. The van der Waals surface area contributed by atoms with E-state index in [0.29, 0.717) is 32.3 Å². The highest BCUT2D eigenvalue weighted by Gasteiger charge is 2.37. The molecule has 3 N–H and O–H groups in total. The summed E-state index contributed by atoms with van der Waals surface area (Å²) in [6, 6.07) is 31.1. The minimum atomic E-state index is -4.97. The van der Waals surface area contributed by atoms with Gasteiger partial charge in [0, 0.05) is 51.1 Å².